The van der Waals surface area contributed by atoms with Gasteiger partial charge in [0.25, 0.3) is 5.91 Å². The van der Waals surface area contributed by atoms with Crippen LogP contribution in [0.5, 0.6) is 0 Å². The van der Waals surface area contributed by atoms with Crippen molar-refractivity contribution in [1.29, 1.82) is 0 Å². The van der Waals surface area contributed by atoms with E-state index in [2.05, 4.69) is 10.6 Å². The highest BCUT2D eigenvalue weighted by Gasteiger charge is 2.20. The van der Waals surface area contributed by atoms with E-state index < -0.39 is 36.3 Å². The predicted molar refractivity (Wildman–Crippen MR) is 105 cm³/mol. The highest BCUT2D eigenvalue weighted by atomic mass is 16.4. The van der Waals surface area contributed by atoms with Gasteiger partial charge in [0.2, 0.25) is 5.91 Å². The van der Waals surface area contributed by atoms with Crippen molar-refractivity contribution < 1.29 is 34.2 Å². The standard InChI is InChI=1S/C21H18N2O7/c24-17(10-11-18(25)26)23-16(21(29)30)12-22-20(28)15-8-6-14(7-9-15)19(27)13-4-2-1-3-5-13/h1-11,16H,12H2,(H,22,28)(H,23,24)(H,25,26)(H,29,30). The number of carbonyl (C=O) groups is 5. The normalized spacial score (nSPS) is 11.5. The van der Waals surface area contributed by atoms with Crippen LogP contribution in [-0.4, -0.2) is 52.3 Å². The van der Waals surface area contributed by atoms with Crippen molar-refractivity contribution >= 4 is 29.5 Å². The summed E-state index contributed by atoms with van der Waals surface area (Å²) >= 11 is 0. The molecule has 9 nitrogen and oxygen atoms in total. The maximum atomic E-state index is 12.4. The zero-order valence-electron chi connectivity index (χ0n) is 15.6. The van der Waals surface area contributed by atoms with E-state index in [9.17, 15) is 24.0 Å². The average molecular weight is 410 g/mol. The summed E-state index contributed by atoms with van der Waals surface area (Å²) in [5, 5.41) is 22.1. The van der Waals surface area contributed by atoms with E-state index in [1.807, 2.05) is 0 Å². The zero-order valence-corrected chi connectivity index (χ0v) is 15.6. The van der Waals surface area contributed by atoms with Crippen LogP contribution in [0.25, 0.3) is 0 Å². The smallest absolute Gasteiger partial charge is 0.328 e. The third-order valence-electron chi connectivity index (χ3n) is 3.90. The van der Waals surface area contributed by atoms with Crippen molar-refractivity contribution in [2.45, 2.75) is 6.04 Å². The zero-order chi connectivity index (χ0) is 22.1. The monoisotopic (exact) mass is 410 g/mol. The van der Waals surface area contributed by atoms with Crippen molar-refractivity contribution in [2.24, 2.45) is 0 Å². The van der Waals surface area contributed by atoms with Gasteiger partial charge in [0, 0.05) is 35.4 Å². The van der Waals surface area contributed by atoms with Crippen molar-refractivity contribution in [3.8, 4) is 0 Å². The van der Waals surface area contributed by atoms with Crippen LogP contribution in [0.4, 0.5) is 0 Å². The number of carboxylic acid groups (broad SMARTS) is 2. The van der Waals surface area contributed by atoms with Crippen molar-refractivity contribution in [1.82, 2.24) is 10.6 Å². The second kappa shape index (κ2) is 10.3. The second-order valence-corrected chi connectivity index (χ2v) is 6.05. The number of amides is 2. The Hall–Kier alpha value is -4.27. The molecular formula is C21H18N2O7. The van der Waals surface area contributed by atoms with Gasteiger partial charge in [-0.3, -0.25) is 14.4 Å². The maximum absolute atomic E-state index is 12.4. The minimum Gasteiger partial charge on any atom is -0.480 e. The van der Waals surface area contributed by atoms with Gasteiger partial charge in [-0.2, -0.15) is 0 Å². The minimum atomic E-state index is -1.46. The number of nitrogens with one attached hydrogen (secondary N) is 2. The summed E-state index contributed by atoms with van der Waals surface area (Å²) in [6, 6.07) is 13.0. The lowest BCUT2D eigenvalue weighted by Gasteiger charge is -2.14. The second-order valence-electron chi connectivity index (χ2n) is 6.05. The maximum Gasteiger partial charge on any atom is 0.328 e. The summed E-state index contributed by atoms with van der Waals surface area (Å²) in [7, 11) is 0. The summed E-state index contributed by atoms with van der Waals surface area (Å²) < 4.78 is 0. The highest BCUT2D eigenvalue weighted by Crippen LogP contribution is 2.11. The first-order valence-corrected chi connectivity index (χ1v) is 8.70. The van der Waals surface area contributed by atoms with E-state index in [1.54, 1.807) is 30.3 Å². The van der Waals surface area contributed by atoms with Gasteiger partial charge >= 0.3 is 11.9 Å². The van der Waals surface area contributed by atoms with Gasteiger partial charge in [-0.05, 0) is 12.1 Å². The molecule has 2 aromatic rings. The molecule has 0 radical (unpaired) electrons. The van der Waals surface area contributed by atoms with Crippen LogP contribution in [0.2, 0.25) is 0 Å². The molecule has 0 aliphatic carbocycles. The number of carboxylic acids is 2. The van der Waals surface area contributed by atoms with Crippen LogP contribution in [0.15, 0.2) is 66.7 Å². The molecule has 0 heterocycles. The van der Waals surface area contributed by atoms with Crippen molar-refractivity contribution in [2.75, 3.05) is 6.54 Å². The summed E-state index contributed by atoms with van der Waals surface area (Å²) in [6.45, 7) is -0.425. The van der Waals surface area contributed by atoms with Crippen LogP contribution in [0, 0.1) is 0 Å². The summed E-state index contributed by atoms with van der Waals surface area (Å²) in [6.07, 6.45) is 1.23. The Balaban J connectivity index is 1.97. The van der Waals surface area contributed by atoms with Gasteiger partial charge in [0.1, 0.15) is 6.04 Å². The Bertz CT molecular complexity index is 982. The number of hydrogen-bond acceptors (Lipinski definition) is 5. The van der Waals surface area contributed by atoms with E-state index in [4.69, 9.17) is 10.2 Å². The molecule has 9 heteroatoms. The SMILES string of the molecule is O=C(O)C=CC(=O)NC(CNC(=O)c1ccc(C(=O)c2ccccc2)cc1)C(=O)O. The topological polar surface area (TPSA) is 150 Å². The van der Waals surface area contributed by atoms with Gasteiger partial charge in [-0.15, -0.1) is 0 Å². The van der Waals surface area contributed by atoms with Gasteiger partial charge < -0.3 is 20.8 Å². The van der Waals surface area contributed by atoms with Crippen molar-refractivity contribution in [3.05, 3.63) is 83.4 Å². The first-order valence-electron chi connectivity index (χ1n) is 8.70. The van der Waals surface area contributed by atoms with Crippen LogP contribution in [-0.2, 0) is 14.4 Å². The highest BCUT2D eigenvalue weighted by molar-refractivity contribution is 6.09. The number of aliphatic carboxylic acids is 2. The van der Waals surface area contributed by atoms with Crippen LogP contribution >= 0.6 is 0 Å². The number of ketones is 1. The fourth-order valence-corrected chi connectivity index (χ4v) is 2.39. The largest absolute Gasteiger partial charge is 0.480 e. The Morgan fingerprint density at radius 1 is 0.800 bits per heavy atom. The molecule has 1 unspecified atom stereocenters. The molecule has 0 aliphatic heterocycles. The van der Waals surface area contributed by atoms with Crippen LogP contribution in [0.3, 0.4) is 0 Å². The molecule has 1 atom stereocenters. The fourth-order valence-electron chi connectivity index (χ4n) is 2.39. The van der Waals surface area contributed by atoms with Gasteiger partial charge in [0.15, 0.2) is 5.78 Å². The molecule has 0 fully saturated rings. The Kier molecular flexibility index (Phi) is 7.58. The molecule has 0 bridgehead atoms. The molecular weight excluding hydrogens is 392 g/mol. The predicted octanol–water partition coefficient (Wildman–Crippen LogP) is 0.858. The van der Waals surface area contributed by atoms with Gasteiger partial charge in [-0.25, -0.2) is 9.59 Å². The molecule has 2 rings (SSSR count). The summed E-state index contributed by atoms with van der Waals surface area (Å²) in [5.41, 5.74) is 1.09. The molecule has 0 saturated heterocycles. The first-order chi connectivity index (χ1) is 14.3. The lowest BCUT2D eigenvalue weighted by Crippen LogP contribution is -2.48. The molecule has 0 spiro atoms. The van der Waals surface area contributed by atoms with Crippen LogP contribution in [0.1, 0.15) is 26.3 Å². The molecule has 0 saturated carbocycles. The van der Waals surface area contributed by atoms with E-state index >= 15 is 0 Å². The Morgan fingerprint density at radius 3 is 1.93 bits per heavy atom. The first kappa shape index (κ1) is 22.0. The lowest BCUT2D eigenvalue weighted by atomic mass is 10.0. The average Bonchev–Trinajstić information content (AvgIpc) is 2.75. The van der Waals surface area contributed by atoms with Gasteiger partial charge in [0.05, 0.1) is 0 Å². The lowest BCUT2D eigenvalue weighted by molar-refractivity contribution is -0.141. The molecule has 154 valence electrons. The number of hydrogen-bond donors (Lipinski definition) is 4. The number of rotatable bonds is 9. The Morgan fingerprint density at radius 2 is 1.37 bits per heavy atom. The summed E-state index contributed by atoms with van der Waals surface area (Å²) in [5.74, 6) is -4.50. The molecule has 30 heavy (non-hydrogen) atoms. The van der Waals surface area contributed by atoms with E-state index in [-0.39, 0.29) is 11.3 Å². The van der Waals surface area contributed by atoms with Crippen LogP contribution < -0.4 is 10.6 Å². The molecule has 0 aromatic heterocycles. The number of benzene rings is 2. The third-order valence-corrected chi connectivity index (χ3v) is 3.90. The minimum absolute atomic E-state index is 0.195. The molecule has 2 aromatic carbocycles. The van der Waals surface area contributed by atoms with E-state index in [0.717, 1.165) is 0 Å². The Labute approximate surface area is 171 Å². The fraction of sp³-hybridized carbons (Fsp3) is 0.0952. The molecule has 2 amide bonds. The molecule has 4 N–H and O–H groups in total. The third kappa shape index (κ3) is 6.41. The van der Waals surface area contributed by atoms with Gasteiger partial charge in [-0.1, -0.05) is 42.5 Å². The number of carbonyl (C=O) groups excluding carboxylic acids is 3. The quantitative estimate of drug-likeness (QED) is 0.354. The van der Waals surface area contributed by atoms with E-state index in [0.29, 0.717) is 23.3 Å². The van der Waals surface area contributed by atoms with E-state index in [1.165, 1.54) is 24.3 Å². The molecule has 0 aliphatic rings. The summed E-state index contributed by atoms with van der Waals surface area (Å²) in [4.78, 5) is 57.7. The van der Waals surface area contributed by atoms with Crippen molar-refractivity contribution in [3.63, 3.8) is 0 Å².